The first-order valence-electron chi connectivity index (χ1n) is 10.5. The number of ether oxygens (including phenoxy) is 1. The Morgan fingerprint density at radius 3 is 2.65 bits per heavy atom. The molecule has 0 bridgehead atoms. The Balaban J connectivity index is 1.61. The molecule has 0 unspecified atom stereocenters. The van der Waals surface area contributed by atoms with Gasteiger partial charge in [-0.05, 0) is 68.1 Å². The number of carbonyl (C=O) groups is 1. The minimum absolute atomic E-state index is 0.0213. The zero-order chi connectivity index (χ0) is 18.7. The number of allylic oxidation sites excluding steroid dienone is 1. The average Bonchev–Trinajstić information content (AvgIpc) is 2.87. The molecular weight excluding hydrogens is 324 g/mol. The van der Waals surface area contributed by atoms with E-state index in [0.29, 0.717) is 17.8 Å². The van der Waals surface area contributed by atoms with Crippen LogP contribution in [0.4, 0.5) is 0 Å². The van der Waals surface area contributed by atoms with Gasteiger partial charge in [-0.25, -0.2) is 0 Å². The maximum atomic E-state index is 11.4. The lowest BCUT2D eigenvalue weighted by Crippen LogP contribution is -2.54. The van der Waals surface area contributed by atoms with Gasteiger partial charge in [-0.15, -0.1) is 6.58 Å². The summed E-state index contributed by atoms with van der Waals surface area (Å²) in [5.41, 5.74) is 1.06. The summed E-state index contributed by atoms with van der Waals surface area (Å²) in [5.74, 6) is 1.80. The normalized spacial score (nSPS) is 50.1. The van der Waals surface area contributed by atoms with Gasteiger partial charge in [0.05, 0.1) is 5.60 Å². The topological polar surface area (TPSA) is 46.5 Å². The van der Waals surface area contributed by atoms with Gasteiger partial charge in [0.25, 0.3) is 0 Å². The summed E-state index contributed by atoms with van der Waals surface area (Å²) in [5, 5.41) is 11.2. The Hall–Kier alpha value is -1.09. The van der Waals surface area contributed by atoms with Gasteiger partial charge in [0.1, 0.15) is 6.10 Å². The number of hydrogen-bond donors (Lipinski definition) is 1. The molecule has 1 N–H and O–H groups in total. The van der Waals surface area contributed by atoms with E-state index >= 15 is 0 Å². The number of carbonyl (C=O) groups excluding carboxylic acids is 1. The fraction of sp³-hybridized carbons (Fsp3) is 0.783. The van der Waals surface area contributed by atoms with Gasteiger partial charge < -0.3 is 9.84 Å². The molecule has 0 aromatic rings. The lowest BCUT2D eigenvalue weighted by atomic mass is 9.47. The van der Waals surface area contributed by atoms with Crippen molar-refractivity contribution in [3.8, 4) is 0 Å². The van der Waals surface area contributed by atoms with E-state index < -0.39 is 5.60 Å². The second-order valence-corrected chi connectivity index (χ2v) is 9.86. The van der Waals surface area contributed by atoms with Crippen molar-refractivity contribution < 1.29 is 14.6 Å². The molecule has 0 aliphatic heterocycles. The molecular formula is C23H34O3. The number of fused-ring (bicyclic) bond motifs is 5. The SMILES string of the molecule is C=C[C@]1(O)CC[C@@H]2[C@H]3CC=C4C[C@H](OC(C)=O)CC[C@]4(C)[C@@H]3CC[C@]21C. The van der Waals surface area contributed by atoms with Gasteiger partial charge in [0, 0.05) is 18.8 Å². The van der Waals surface area contributed by atoms with Crippen LogP contribution in [0.25, 0.3) is 0 Å². The number of hydrogen-bond acceptors (Lipinski definition) is 3. The molecule has 0 spiro atoms. The van der Waals surface area contributed by atoms with Gasteiger partial charge >= 0.3 is 5.97 Å². The van der Waals surface area contributed by atoms with Crippen molar-refractivity contribution in [2.45, 2.75) is 83.8 Å². The minimum Gasteiger partial charge on any atom is -0.462 e. The van der Waals surface area contributed by atoms with E-state index in [1.54, 1.807) is 0 Å². The molecule has 26 heavy (non-hydrogen) atoms. The second-order valence-electron chi connectivity index (χ2n) is 9.86. The van der Waals surface area contributed by atoms with Crippen molar-refractivity contribution >= 4 is 5.97 Å². The predicted molar refractivity (Wildman–Crippen MR) is 102 cm³/mol. The Labute approximate surface area is 157 Å². The van der Waals surface area contributed by atoms with Crippen LogP contribution in [-0.2, 0) is 9.53 Å². The van der Waals surface area contributed by atoms with Gasteiger partial charge in [-0.3, -0.25) is 4.79 Å². The highest BCUT2D eigenvalue weighted by molar-refractivity contribution is 5.66. The fourth-order valence-corrected chi connectivity index (χ4v) is 7.35. The van der Waals surface area contributed by atoms with E-state index in [1.807, 2.05) is 6.08 Å². The van der Waals surface area contributed by atoms with Crippen LogP contribution >= 0.6 is 0 Å². The van der Waals surface area contributed by atoms with E-state index in [0.717, 1.165) is 44.9 Å². The van der Waals surface area contributed by atoms with Crippen LogP contribution < -0.4 is 0 Å². The predicted octanol–water partition coefficient (Wildman–Crippen LogP) is 4.80. The molecule has 7 atom stereocenters. The molecule has 0 aromatic carbocycles. The Kier molecular flexibility index (Phi) is 4.19. The molecule has 0 aromatic heterocycles. The van der Waals surface area contributed by atoms with Crippen LogP contribution in [-0.4, -0.2) is 22.8 Å². The molecule has 4 aliphatic carbocycles. The summed E-state index contributed by atoms with van der Waals surface area (Å²) in [6, 6.07) is 0. The van der Waals surface area contributed by atoms with Crippen LogP contribution in [0.1, 0.15) is 72.1 Å². The third-order valence-corrected chi connectivity index (χ3v) is 8.94. The zero-order valence-corrected chi connectivity index (χ0v) is 16.6. The summed E-state index contributed by atoms with van der Waals surface area (Å²) >= 11 is 0. The number of aliphatic hydroxyl groups is 1. The maximum absolute atomic E-state index is 11.4. The van der Waals surface area contributed by atoms with Crippen molar-refractivity contribution in [3.05, 3.63) is 24.3 Å². The fourth-order valence-electron chi connectivity index (χ4n) is 7.35. The minimum atomic E-state index is -0.694. The third-order valence-electron chi connectivity index (χ3n) is 8.94. The molecule has 3 heteroatoms. The van der Waals surface area contributed by atoms with Gasteiger partial charge in [0.15, 0.2) is 0 Å². The molecule has 4 aliphatic rings. The van der Waals surface area contributed by atoms with Crippen LogP contribution in [0.2, 0.25) is 0 Å². The van der Waals surface area contributed by atoms with Crippen LogP contribution in [0.3, 0.4) is 0 Å². The van der Waals surface area contributed by atoms with Crippen LogP contribution in [0.5, 0.6) is 0 Å². The Morgan fingerprint density at radius 2 is 1.96 bits per heavy atom. The molecule has 0 amide bonds. The largest absolute Gasteiger partial charge is 0.462 e. The van der Waals surface area contributed by atoms with Crippen molar-refractivity contribution in [2.75, 3.05) is 0 Å². The highest BCUT2D eigenvalue weighted by atomic mass is 16.5. The number of esters is 1. The molecule has 0 radical (unpaired) electrons. The molecule has 0 heterocycles. The monoisotopic (exact) mass is 358 g/mol. The Morgan fingerprint density at radius 1 is 1.23 bits per heavy atom. The zero-order valence-electron chi connectivity index (χ0n) is 16.6. The highest BCUT2D eigenvalue weighted by Crippen LogP contribution is 2.67. The highest BCUT2D eigenvalue weighted by Gasteiger charge is 2.62. The first-order chi connectivity index (χ1) is 12.2. The van der Waals surface area contributed by atoms with Gasteiger partial charge in [-0.2, -0.15) is 0 Å². The van der Waals surface area contributed by atoms with Crippen molar-refractivity contribution in [3.63, 3.8) is 0 Å². The summed E-state index contributed by atoms with van der Waals surface area (Å²) in [4.78, 5) is 11.4. The summed E-state index contributed by atoms with van der Waals surface area (Å²) < 4.78 is 5.52. The molecule has 144 valence electrons. The van der Waals surface area contributed by atoms with Crippen LogP contribution in [0, 0.1) is 28.6 Å². The first-order valence-corrected chi connectivity index (χ1v) is 10.5. The average molecular weight is 359 g/mol. The third kappa shape index (κ3) is 2.38. The number of rotatable bonds is 2. The quantitative estimate of drug-likeness (QED) is 0.570. The van der Waals surface area contributed by atoms with E-state index in [-0.39, 0.29) is 22.9 Å². The van der Waals surface area contributed by atoms with Crippen molar-refractivity contribution in [2.24, 2.45) is 28.6 Å². The van der Waals surface area contributed by atoms with E-state index in [4.69, 9.17) is 4.74 Å². The Bertz CT molecular complexity index is 652. The molecule has 4 rings (SSSR count). The maximum Gasteiger partial charge on any atom is 0.302 e. The molecule has 3 fully saturated rings. The van der Waals surface area contributed by atoms with E-state index in [2.05, 4.69) is 26.5 Å². The smallest absolute Gasteiger partial charge is 0.302 e. The van der Waals surface area contributed by atoms with Crippen molar-refractivity contribution in [1.29, 1.82) is 0 Å². The van der Waals surface area contributed by atoms with Crippen LogP contribution in [0.15, 0.2) is 24.3 Å². The summed E-state index contributed by atoms with van der Waals surface area (Å²) in [6.45, 7) is 10.2. The van der Waals surface area contributed by atoms with Crippen molar-refractivity contribution in [1.82, 2.24) is 0 Å². The first kappa shape index (κ1) is 18.3. The second kappa shape index (κ2) is 5.95. The van der Waals surface area contributed by atoms with E-state index in [9.17, 15) is 9.90 Å². The summed E-state index contributed by atoms with van der Waals surface area (Å²) in [6.07, 6.45) is 12.8. The van der Waals surface area contributed by atoms with Gasteiger partial charge in [-0.1, -0.05) is 31.6 Å². The molecule has 3 nitrogen and oxygen atoms in total. The lowest BCUT2D eigenvalue weighted by molar-refractivity contribution is -0.149. The van der Waals surface area contributed by atoms with E-state index in [1.165, 1.54) is 18.9 Å². The summed E-state index contributed by atoms with van der Waals surface area (Å²) in [7, 11) is 0. The lowest BCUT2D eigenvalue weighted by Gasteiger charge is -2.58. The van der Waals surface area contributed by atoms with Gasteiger partial charge in [0.2, 0.25) is 0 Å². The standard InChI is InChI=1S/C23H34O3/c1-5-23(25)13-10-20-18-7-6-16-14-17(26-15(2)24)8-11-21(16,3)19(18)9-12-22(20,23)4/h5-6,17-20,25H,1,7-14H2,2-4H3/t17-,18+,19-,20-,21+,22-,23+/m1/s1. The molecule has 0 saturated heterocycles. The molecule has 3 saturated carbocycles.